The second-order valence-electron chi connectivity index (χ2n) is 14.0. The van der Waals surface area contributed by atoms with Crippen LogP contribution in [0.1, 0.15) is 0 Å². The van der Waals surface area contributed by atoms with Gasteiger partial charge in [-0.2, -0.15) is 0 Å². The van der Waals surface area contributed by atoms with Crippen molar-refractivity contribution in [2.24, 2.45) is 0 Å². The highest BCUT2D eigenvalue weighted by Crippen LogP contribution is 2.44. The maximum atomic E-state index is 6.71. The predicted octanol–water partition coefficient (Wildman–Crippen LogP) is 13.2. The molecule has 0 radical (unpaired) electrons. The van der Waals surface area contributed by atoms with Crippen molar-refractivity contribution in [2.45, 2.75) is 0 Å². The van der Waals surface area contributed by atoms with Crippen molar-refractivity contribution in [2.75, 3.05) is 0 Å². The van der Waals surface area contributed by atoms with Gasteiger partial charge in [0.2, 0.25) is 0 Å². The second-order valence-corrected chi connectivity index (χ2v) is 14.0. The summed E-state index contributed by atoms with van der Waals surface area (Å²) in [5.74, 6) is 1.83. The number of furan rings is 1. The number of fused-ring (bicyclic) bond motifs is 6. The molecule has 0 fully saturated rings. The summed E-state index contributed by atoms with van der Waals surface area (Å²) in [5, 5.41) is 4.49. The zero-order valence-electron chi connectivity index (χ0n) is 30.2. The molecule has 0 saturated heterocycles. The van der Waals surface area contributed by atoms with E-state index in [9.17, 15) is 0 Å². The highest BCUT2D eigenvalue weighted by Gasteiger charge is 2.22. The maximum Gasteiger partial charge on any atom is 0.164 e. The molecule has 262 valence electrons. The summed E-state index contributed by atoms with van der Waals surface area (Å²) < 4.78 is 9.12. The van der Waals surface area contributed by atoms with Gasteiger partial charge in [-0.05, 0) is 64.7 Å². The Morgan fingerprint density at radius 2 is 0.911 bits per heavy atom. The molecule has 8 aromatic carbocycles. The number of para-hydroxylation sites is 1. The summed E-state index contributed by atoms with van der Waals surface area (Å²) in [6, 6.07) is 67.5. The van der Waals surface area contributed by atoms with E-state index in [2.05, 4.69) is 138 Å². The largest absolute Gasteiger partial charge is 0.456 e. The molecular formula is C51H32N4O. The first-order valence-corrected chi connectivity index (χ1v) is 18.8. The van der Waals surface area contributed by atoms with Crippen molar-refractivity contribution in [1.82, 2.24) is 19.5 Å². The van der Waals surface area contributed by atoms with Crippen LogP contribution in [0.15, 0.2) is 199 Å². The zero-order chi connectivity index (χ0) is 37.0. The van der Waals surface area contributed by atoms with Crippen molar-refractivity contribution < 1.29 is 4.42 Å². The topological polar surface area (TPSA) is 56.7 Å². The molecule has 5 heteroatoms. The molecule has 0 atom stereocenters. The Morgan fingerprint density at radius 1 is 0.339 bits per heavy atom. The van der Waals surface area contributed by atoms with Crippen LogP contribution < -0.4 is 0 Å². The van der Waals surface area contributed by atoms with Crippen LogP contribution in [-0.2, 0) is 0 Å². The minimum Gasteiger partial charge on any atom is -0.456 e. The van der Waals surface area contributed by atoms with E-state index >= 15 is 0 Å². The lowest BCUT2D eigenvalue weighted by Crippen LogP contribution is -2.00. The number of hydrogen-bond donors (Lipinski definition) is 0. The average Bonchev–Trinajstić information content (AvgIpc) is 3.83. The molecule has 0 aliphatic rings. The number of aromatic nitrogens is 4. The molecule has 0 aliphatic carbocycles. The van der Waals surface area contributed by atoms with Crippen molar-refractivity contribution in [3.63, 3.8) is 0 Å². The molecule has 3 heterocycles. The monoisotopic (exact) mass is 716 g/mol. The van der Waals surface area contributed by atoms with Crippen LogP contribution in [0.4, 0.5) is 0 Å². The lowest BCUT2D eigenvalue weighted by molar-refractivity contribution is 0.669. The molecule has 3 aromatic heterocycles. The number of nitrogens with zero attached hydrogens (tertiary/aromatic N) is 4. The molecule has 11 rings (SSSR count). The van der Waals surface area contributed by atoms with E-state index in [0.29, 0.717) is 17.5 Å². The van der Waals surface area contributed by atoms with Gasteiger partial charge in [0.25, 0.3) is 0 Å². The Balaban J connectivity index is 1.14. The molecule has 0 unspecified atom stereocenters. The number of hydrogen-bond acceptors (Lipinski definition) is 4. The lowest BCUT2D eigenvalue weighted by atomic mass is 9.94. The molecule has 0 saturated carbocycles. The van der Waals surface area contributed by atoms with Gasteiger partial charge < -0.3 is 8.98 Å². The van der Waals surface area contributed by atoms with E-state index in [-0.39, 0.29) is 0 Å². The van der Waals surface area contributed by atoms with Gasteiger partial charge >= 0.3 is 0 Å². The third kappa shape index (κ3) is 5.29. The predicted molar refractivity (Wildman–Crippen MR) is 229 cm³/mol. The standard InChI is InChI=1S/C51H32N4O/c1-5-16-33(17-6-1)38-30-41(34-18-7-2-8-19-34)47-39-24-13-14-25-42(39)55(44(47)31-38)43-26-15-27-45-48(43)40-29-28-37(32-46(40)56-45)51-53-49(35-20-9-3-10-21-35)52-50(54-51)36-22-11-4-12-23-36/h1-32H. The molecule has 0 bridgehead atoms. The first-order valence-electron chi connectivity index (χ1n) is 18.8. The fraction of sp³-hybridized carbons (Fsp3) is 0. The lowest BCUT2D eigenvalue weighted by Gasteiger charge is -2.13. The summed E-state index contributed by atoms with van der Waals surface area (Å²) in [6.07, 6.45) is 0. The third-order valence-corrected chi connectivity index (χ3v) is 10.6. The Morgan fingerprint density at radius 3 is 1.57 bits per heavy atom. The first-order chi connectivity index (χ1) is 27.8. The maximum absolute atomic E-state index is 6.71. The Bertz CT molecular complexity index is 3170. The van der Waals surface area contributed by atoms with Crippen molar-refractivity contribution in [1.29, 1.82) is 0 Å². The molecule has 0 spiro atoms. The Labute approximate surface area is 322 Å². The minimum absolute atomic E-state index is 0.588. The fourth-order valence-electron chi connectivity index (χ4n) is 8.07. The number of rotatable bonds is 6. The van der Waals surface area contributed by atoms with Crippen LogP contribution >= 0.6 is 0 Å². The summed E-state index contributed by atoms with van der Waals surface area (Å²) in [7, 11) is 0. The van der Waals surface area contributed by atoms with E-state index < -0.39 is 0 Å². The molecule has 11 aromatic rings. The van der Waals surface area contributed by atoms with Crippen LogP contribution in [0, 0.1) is 0 Å². The summed E-state index contributed by atoms with van der Waals surface area (Å²) in [4.78, 5) is 14.9. The molecule has 5 nitrogen and oxygen atoms in total. The molecule has 0 aliphatic heterocycles. The van der Waals surface area contributed by atoms with Gasteiger partial charge in [0.15, 0.2) is 17.5 Å². The molecule has 56 heavy (non-hydrogen) atoms. The summed E-state index contributed by atoms with van der Waals surface area (Å²) in [6.45, 7) is 0. The van der Waals surface area contributed by atoms with Crippen LogP contribution in [0.5, 0.6) is 0 Å². The SMILES string of the molecule is c1ccc(-c2cc(-c3ccccc3)c3c4ccccc4n(-c4cccc5oc6cc(-c7nc(-c8ccccc8)nc(-c8ccccc8)n7)ccc6c45)c3c2)cc1. The summed E-state index contributed by atoms with van der Waals surface area (Å²) >= 11 is 0. The highest BCUT2D eigenvalue weighted by molar-refractivity contribution is 6.19. The van der Waals surface area contributed by atoms with Crippen molar-refractivity contribution >= 4 is 43.7 Å². The fourth-order valence-corrected chi connectivity index (χ4v) is 8.07. The summed E-state index contributed by atoms with van der Waals surface area (Å²) in [5.41, 5.74) is 12.3. The normalized spacial score (nSPS) is 11.6. The average molecular weight is 717 g/mol. The van der Waals surface area contributed by atoms with E-state index in [0.717, 1.165) is 60.9 Å². The zero-order valence-corrected chi connectivity index (χ0v) is 30.2. The van der Waals surface area contributed by atoms with Gasteiger partial charge in [0.1, 0.15) is 11.2 Å². The van der Waals surface area contributed by atoms with E-state index in [4.69, 9.17) is 19.4 Å². The second kappa shape index (κ2) is 13.0. The van der Waals surface area contributed by atoms with Gasteiger partial charge in [-0.25, -0.2) is 15.0 Å². The minimum atomic E-state index is 0.588. The molecule has 0 N–H and O–H groups in total. The van der Waals surface area contributed by atoms with Crippen LogP contribution in [0.2, 0.25) is 0 Å². The molecular weight excluding hydrogens is 685 g/mol. The van der Waals surface area contributed by atoms with Gasteiger partial charge in [0, 0.05) is 32.8 Å². The van der Waals surface area contributed by atoms with Crippen LogP contribution in [0.25, 0.3) is 106 Å². The van der Waals surface area contributed by atoms with Gasteiger partial charge in [-0.15, -0.1) is 0 Å². The third-order valence-electron chi connectivity index (χ3n) is 10.6. The van der Waals surface area contributed by atoms with Gasteiger partial charge in [-0.3, -0.25) is 0 Å². The van der Waals surface area contributed by atoms with Gasteiger partial charge in [-0.1, -0.05) is 152 Å². The van der Waals surface area contributed by atoms with Crippen LogP contribution in [-0.4, -0.2) is 19.5 Å². The number of benzene rings is 8. The highest BCUT2D eigenvalue weighted by atomic mass is 16.3. The Kier molecular flexibility index (Phi) is 7.42. The van der Waals surface area contributed by atoms with Gasteiger partial charge in [0.05, 0.1) is 22.1 Å². The van der Waals surface area contributed by atoms with Crippen LogP contribution in [0.3, 0.4) is 0 Å². The van der Waals surface area contributed by atoms with E-state index in [1.54, 1.807) is 0 Å². The van der Waals surface area contributed by atoms with Crippen molar-refractivity contribution in [3.8, 4) is 62.1 Å². The van der Waals surface area contributed by atoms with Crippen molar-refractivity contribution in [3.05, 3.63) is 194 Å². The Hall–Kier alpha value is -7.63. The quantitative estimate of drug-likeness (QED) is 0.172. The first kappa shape index (κ1) is 31.9. The smallest absolute Gasteiger partial charge is 0.164 e. The van der Waals surface area contributed by atoms with E-state index in [1.807, 2.05) is 60.7 Å². The molecule has 0 amide bonds. The van der Waals surface area contributed by atoms with E-state index in [1.165, 1.54) is 27.5 Å².